The van der Waals surface area contributed by atoms with Gasteiger partial charge in [-0.1, -0.05) is 6.07 Å². The molecule has 2 rings (SSSR count). The predicted molar refractivity (Wildman–Crippen MR) is 45.8 cm³/mol. The van der Waals surface area contributed by atoms with Gasteiger partial charge in [-0.15, -0.1) is 0 Å². The maximum absolute atomic E-state index is 5.18. The fraction of sp³-hybridized carbons (Fsp3) is 0.444. The van der Waals surface area contributed by atoms with Crippen LogP contribution < -0.4 is 5.32 Å². The van der Waals surface area contributed by atoms with Crippen LogP contribution in [0.4, 0.5) is 0 Å². The molecule has 1 aliphatic rings. The van der Waals surface area contributed by atoms with Gasteiger partial charge in [0, 0.05) is 6.20 Å². The summed E-state index contributed by atoms with van der Waals surface area (Å²) in [7, 11) is 1.94. The highest BCUT2D eigenvalue weighted by Crippen LogP contribution is 2.26. The van der Waals surface area contributed by atoms with Crippen molar-refractivity contribution in [3.05, 3.63) is 30.1 Å². The van der Waals surface area contributed by atoms with E-state index in [1.807, 2.05) is 31.4 Å². The first kappa shape index (κ1) is 7.71. The lowest BCUT2D eigenvalue weighted by Crippen LogP contribution is -2.56. The molecule has 1 saturated heterocycles. The summed E-state index contributed by atoms with van der Waals surface area (Å²) < 4.78 is 5.18. The Kier molecular flexibility index (Phi) is 1.83. The van der Waals surface area contributed by atoms with Crippen LogP contribution in [0.15, 0.2) is 24.4 Å². The Balaban J connectivity index is 2.28. The molecule has 0 radical (unpaired) electrons. The Bertz CT molecular complexity index is 251. The van der Waals surface area contributed by atoms with Gasteiger partial charge < -0.3 is 10.1 Å². The zero-order valence-electron chi connectivity index (χ0n) is 7.08. The number of likely N-dealkylation sites (N-methyl/N-ethyl adjacent to an activating group) is 1. The molecule has 3 nitrogen and oxygen atoms in total. The summed E-state index contributed by atoms with van der Waals surface area (Å²) >= 11 is 0. The van der Waals surface area contributed by atoms with Gasteiger partial charge in [-0.05, 0) is 19.2 Å². The third-order valence-corrected chi connectivity index (χ3v) is 2.33. The van der Waals surface area contributed by atoms with Crippen molar-refractivity contribution in [2.24, 2.45) is 0 Å². The number of nitrogens with one attached hydrogen (secondary N) is 1. The van der Waals surface area contributed by atoms with Crippen LogP contribution in [-0.4, -0.2) is 25.2 Å². The Hall–Kier alpha value is -0.930. The van der Waals surface area contributed by atoms with E-state index >= 15 is 0 Å². The van der Waals surface area contributed by atoms with Gasteiger partial charge in [-0.3, -0.25) is 4.98 Å². The van der Waals surface area contributed by atoms with E-state index in [1.54, 1.807) is 0 Å². The molecule has 0 spiro atoms. The van der Waals surface area contributed by atoms with Crippen molar-refractivity contribution in [1.29, 1.82) is 0 Å². The molecule has 1 aromatic rings. The second kappa shape index (κ2) is 2.84. The van der Waals surface area contributed by atoms with Gasteiger partial charge in [0.1, 0.15) is 5.54 Å². The average Bonchev–Trinajstić information content (AvgIpc) is 2.05. The topological polar surface area (TPSA) is 34.2 Å². The smallest absolute Gasteiger partial charge is 0.108 e. The molecule has 12 heavy (non-hydrogen) atoms. The number of hydrogen-bond donors (Lipinski definition) is 1. The van der Waals surface area contributed by atoms with E-state index in [9.17, 15) is 0 Å². The molecular weight excluding hydrogens is 152 g/mol. The fourth-order valence-electron chi connectivity index (χ4n) is 1.37. The van der Waals surface area contributed by atoms with E-state index in [2.05, 4.69) is 10.3 Å². The van der Waals surface area contributed by atoms with Crippen molar-refractivity contribution in [1.82, 2.24) is 10.3 Å². The van der Waals surface area contributed by atoms with Crippen LogP contribution >= 0.6 is 0 Å². The van der Waals surface area contributed by atoms with Crippen LogP contribution in [-0.2, 0) is 10.3 Å². The van der Waals surface area contributed by atoms with Crippen LogP contribution in [0.1, 0.15) is 5.69 Å². The summed E-state index contributed by atoms with van der Waals surface area (Å²) in [6.45, 7) is 1.45. The molecule has 0 unspecified atom stereocenters. The van der Waals surface area contributed by atoms with Crippen LogP contribution in [0.3, 0.4) is 0 Å². The molecule has 0 atom stereocenters. The van der Waals surface area contributed by atoms with E-state index in [4.69, 9.17) is 4.74 Å². The summed E-state index contributed by atoms with van der Waals surface area (Å²) in [4.78, 5) is 4.30. The zero-order valence-corrected chi connectivity index (χ0v) is 7.08. The minimum absolute atomic E-state index is 0.0265. The SMILES string of the molecule is CNC1(c2ccccn2)COC1. The first-order valence-electron chi connectivity index (χ1n) is 4.05. The lowest BCUT2D eigenvalue weighted by atomic mass is 9.93. The largest absolute Gasteiger partial charge is 0.377 e. The third kappa shape index (κ3) is 1.02. The van der Waals surface area contributed by atoms with Gasteiger partial charge in [-0.25, -0.2) is 0 Å². The summed E-state index contributed by atoms with van der Waals surface area (Å²) in [5, 5.41) is 3.24. The van der Waals surface area contributed by atoms with Crippen molar-refractivity contribution in [2.75, 3.05) is 20.3 Å². The number of rotatable bonds is 2. The molecule has 1 aromatic heterocycles. The molecule has 0 aromatic carbocycles. The molecule has 0 saturated carbocycles. The summed E-state index contributed by atoms with van der Waals surface area (Å²) in [5.41, 5.74) is 1.04. The summed E-state index contributed by atoms with van der Waals surface area (Å²) in [6, 6.07) is 5.95. The number of pyridine rings is 1. The zero-order chi connectivity index (χ0) is 8.44. The summed E-state index contributed by atoms with van der Waals surface area (Å²) in [5.74, 6) is 0. The summed E-state index contributed by atoms with van der Waals surface area (Å²) in [6.07, 6.45) is 1.81. The van der Waals surface area contributed by atoms with Crippen molar-refractivity contribution in [2.45, 2.75) is 5.54 Å². The van der Waals surface area contributed by atoms with Gasteiger partial charge in [-0.2, -0.15) is 0 Å². The molecule has 2 heterocycles. The number of ether oxygens (including phenoxy) is 1. The van der Waals surface area contributed by atoms with Crippen LogP contribution in [0.5, 0.6) is 0 Å². The van der Waals surface area contributed by atoms with Crippen molar-refractivity contribution in [3.63, 3.8) is 0 Å². The standard InChI is InChI=1S/C9H12N2O/c1-10-9(6-12-7-9)8-4-2-3-5-11-8/h2-5,10H,6-7H2,1H3. The maximum Gasteiger partial charge on any atom is 0.108 e. The lowest BCUT2D eigenvalue weighted by molar-refractivity contribution is -0.0769. The van der Waals surface area contributed by atoms with Crippen LogP contribution in [0.25, 0.3) is 0 Å². The van der Waals surface area contributed by atoms with E-state index in [-0.39, 0.29) is 5.54 Å². The van der Waals surface area contributed by atoms with E-state index in [0.717, 1.165) is 18.9 Å². The monoisotopic (exact) mass is 164 g/mol. The lowest BCUT2D eigenvalue weighted by Gasteiger charge is -2.40. The fourth-order valence-corrected chi connectivity index (χ4v) is 1.37. The van der Waals surface area contributed by atoms with Crippen molar-refractivity contribution >= 4 is 0 Å². The van der Waals surface area contributed by atoms with E-state index in [1.165, 1.54) is 0 Å². The van der Waals surface area contributed by atoms with Gasteiger partial charge in [0.05, 0.1) is 18.9 Å². The maximum atomic E-state index is 5.18. The molecule has 0 aliphatic carbocycles. The Morgan fingerprint density at radius 2 is 2.33 bits per heavy atom. The van der Waals surface area contributed by atoms with Crippen molar-refractivity contribution in [3.8, 4) is 0 Å². The third-order valence-electron chi connectivity index (χ3n) is 2.33. The molecule has 1 fully saturated rings. The van der Waals surface area contributed by atoms with Gasteiger partial charge >= 0.3 is 0 Å². The second-order valence-electron chi connectivity index (χ2n) is 3.04. The molecule has 3 heteroatoms. The molecule has 0 amide bonds. The Morgan fingerprint density at radius 1 is 1.50 bits per heavy atom. The van der Waals surface area contributed by atoms with E-state index in [0.29, 0.717) is 0 Å². The molecule has 1 aliphatic heterocycles. The normalized spacial score (nSPS) is 20.1. The molecule has 0 bridgehead atoms. The van der Waals surface area contributed by atoms with Gasteiger partial charge in [0.25, 0.3) is 0 Å². The minimum atomic E-state index is -0.0265. The highest BCUT2D eigenvalue weighted by atomic mass is 16.5. The highest BCUT2D eigenvalue weighted by molar-refractivity contribution is 5.18. The highest BCUT2D eigenvalue weighted by Gasteiger charge is 2.39. The Morgan fingerprint density at radius 3 is 2.75 bits per heavy atom. The number of hydrogen-bond acceptors (Lipinski definition) is 3. The quantitative estimate of drug-likeness (QED) is 0.692. The van der Waals surface area contributed by atoms with Crippen LogP contribution in [0, 0.1) is 0 Å². The number of aromatic nitrogens is 1. The average molecular weight is 164 g/mol. The first-order chi connectivity index (χ1) is 5.87. The van der Waals surface area contributed by atoms with Gasteiger partial charge in [0.2, 0.25) is 0 Å². The molecule has 1 N–H and O–H groups in total. The minimum Gasteiger partial charge on any atom is -0.377 e. The number of nitrogens with zero attached hydrogens (tertiary/aromatic N) is 1. The predicted octanol–water partition coefficient (Wildman–Crippen LogP) is 0.526. The molecular formula is C9H12N2O. The Labute approximate surface area is 71.8 Å². The second-order valence-corrected chi connectivity index (χ2v) is 3.04. The van der Waals surface area contributed by atoms with Crippen LogP contribution in [0.2, 0.25) is 0 Å². The first-order valence-corrected chi connectivity index (χ1v) is 4.05. The van der Waals surface area contributed by atoms with E-state index < -0.39 is 0 Å². The van der Waals surface area contributed by atoms with Crippen molar-refractivity contribution < 1.29 is 4.74 Å². The van der Waals surface area contributed by atoms with Gasteiger partial charge in [0.15, 0.2) is 0 Å². The molecule has 64 valence electrons.